The molecule has 1 aromatic rings. The maximum Gasteiger partial charge on any atom is 0.358 e. The molecular weight excluding hydrogens is 270 g/mol. The van der Waals surface area contributed by atoms with E-state index in [0.717, 1.165) is 45.1 Å². The number of hydrogen-bond donors (Lipinski definition) is 0. The molecular formula is C14H23N5O2. The van der Waals surface area contributed by atoms with E-state index in [0.29, 0.717) is 0 Å². The summed E-state index contributed by atoms with van der Waals surface area (Å²) in [5.41, 5.74) is 0.242. The van der Waals surface area contributed by atoms with Crippen molar-refractivity contribution in [2.24, 2.45) is 0 Å². The van der Waals surface area contributed by atoms with Gasteiger partial charge in [-0.3, -0.25) is 4.90 Å². The lowest BCUT2D eigenvalue weighted by Crippen LogP contribution is -2.48. The summed E-state index contributed by atoms with van der Waals surface area (Å²) in [7, 11) is 5.52. The molecule has 0 unspecified atom stereocenters. The largest absolute Gasteiger partial charge is 0.464 e. The molecule has 1 aromatic heterocycles. The van der Waals surface area contributed by atoms with E-state index in [9.17, 15) is 4.79 Å². The predicted molar refractivity (Wildman–Crippen MR) is 80.6 cm³/mol. The molecule has 7 nitrogen and oxygen atoms in total. The van der Waals surface area contributed by atoms with Crippen molar-refractivity contribution in [2.45, 2.75) is 0 Å². The van der Waals surface area contributed by atoms with Crippen LogP contribution in [0, 0.1) is 0 Å². The van der Waals surface area contributed by atoms with E-state index in [1.807, 2.05) is 0 Å². The van der Waals surface area contributed by atoms with E-state index in [1.165, 1.54) is 13.3 Å². The number of likely N-dealkylation sites (N-methyl/N-ethyl adjacent to an activating group) is 1. The summed E-state index contributed by atoms with van der Waals surface area (Å²) in [6, 6.07) is 0. The molecule has 0 radical (unpaired) electrons. The molecule has 0 saturated carbocycles. The predicted octanol–water partition coefficient (Wildman–Crippen LogP) is -0.0532. The second-order valence-corrected chi connectivity index (χ2v) is 5.38. The summed E-state index contributed by atoms with van der Waals surface area (Å²) < 4.78 is 4.62. The number of nitrogens with zero attached hydrogens (tertiary/aromatic N) is 5. The number of piperazine rings is 1. The Morgan fingerprint density at radius 2 is 1.95 bits per heavy atom. The van der Waals surface area contributed by atoms with Crippen LogP contribution >= 0.6 is 0 Å². The lowest BCUT2D eigenvalue weighted by molar-refractivity contribution is 0.0593. The van der Waals surface area contributed by atoms with E-state index in [1.54, 1.807) is 6.20 Å². The van der Waals surface area contributed by atoms with Crippen molar-refractivity contribution in [3.05, 3.63) is 18.1 Å². The van der Waals surface area contributed by atoms with Gasteiger partial charge in [0.1, 0.15) is 5.82 Å². The molecule has 21 heavy (non-hydrogen) atoms. The third-order valence-electron chi connectivity index (χ3n) is 3.59. The Balaban J connectivity index is 1.86. The van der Waals surface area contributed by atoms with E-state index in [4.69, 9.17) is 0 Å². The number of rotatable bonds is 5. The lowest BCUT2D eigenvalue weighted by Gasteiger charge is -2.35. The minimum atomic E-state index is -0.456. The van der Waals surface area contributed by atoms with Gasteiger partial charge in [0.15, 0.2) is 5.69 Å². The zero-order valence-corrected chi connectivity index (χ0v) is 12.9. The summed E-state index contributed by atoms with van der Waals surface area (Å²) in [6.45, 7) is 6.07. The molecule has 0 amide bonds. The van der Waals surface area contributed by atoms with Crippen molar-refractivity contribution in [2.75, 3.05) is 65.4 Å². The van der Waals surface area contributed by atoms with Gasteiger partial charge in [-0.2, -0.15) is 0 Å². The number of aromatic nitrogens is 2. The van der Waals surface area contributed by atoms with Crippen LogP contribution in [0.4, 0.5) is 5.82 Å². The fraction of sp³-hybridized carbons (Fsp3) is 0.643. The van der Waals surface area contributed by atoms with Gasteiger partial charge < -0.3 is 14.5 Å². The third kappa shape index (κ3) is 4.37. The highest BCUT2D eigenvalue weighted by Crippen LogP contribution is 2.12. The van der Waals surface area contributed by atoms with Gasteiger partial charge >= 0.3 is 5.97 Å². The summed E-state index contributed by atoms with van der Waals surface area (Å²) >= 11 is 0. The molecule has 1 saturated heterocycles. The van der Waals surface area contributed by atoms with Gasteiger partial charge in [0.2, 0.25) is 0 Å². The van der Waals surface area contributed by atoms with Gasteiger partial charge in [0, 0.05) is 39.3 Å². The van der Waals surface area contributed by atoms with E-state index in [2.05, 4.69) is 43.5 Å². The van der Waals surface area contributed by atoms with E-state index >= 15 is 0 Å². The van der Waals surface area contributed by atoms with Crippen LogP contribution < -0.4 is 4.90 Å². The highest BCUT2D eigenvalue weighted by atomic mass is 16.5. The first-order chi connectivity index (χ1) is 10.1. The molecule has 0 atom stereocenters. The number of carbonyl (C=O) groups is 1. The van der Waals surface area contributed by atoms with Crippen molar-refractivity contribution in [3.8, 4) is 0 Å². The van der Waals surface area contributed by atoms with Crippen LogP contribution in [0.2, 0.25) is 0 Å². The molecule has 2 rings (SSSR count). The monoisotopic (exact) mass is 293 g/mol. The first-order valence-electron chi connectivity index (χ1n) is 7.12. The van der Waals surface area contributed by atoms with Crippen molar-refractivity contribution < 1.29 is 9.53 Å². The summed E-state index contributed by atoms with van der Waals surface area (Å²) in [5, 5.41) is 0. The average Bonchev–Trinajstić information content (AvgIpc) is 2.53. The Morgan fingerprint density at radius 1 is 1.24 bits per heavy atom. The first kappa shape index (κ1) is 15.7. The summed E-state index contributed by atoms with van der Waals surface area (Å²) in [4.78, 5) is 26.6. The van der Waals surface area contributed by atoms with Gasteiger partial charge in [-0.05, 0) is 14.1 Å². The van der Waals surface area contributed by atoms with Gasteiger partial charge in [-0.25, -0.2) is 14.8 Å². The number of carbonyl (C=O) groups excluding carboxylic acids is 1. The average molecular weight is 293 g/mol. The molecule has 7 heteroatoms. The Bertz CT molecular complexity index is 455. The molecule has 1 aliphatic rings. The topological polar surface area (TPSA) is 61.8 Å². The van der Waals surface area contributed by atoms with Crippen molar-refractivity contribution >= 4 is 11.8 Å². The smallest absolute Gasteiger partial charge is 0.358 e. The van der Waals surface area contributed by atoms with Gasteiger partial charge in [0.25, 0.3) is 0 Å². The molecule has 0 spiro atoms. The van der Waals surface area contributed by atoms with Crippen molar-refractivity contribution in [1.82, 2.24) is 19.8 Å². The first-order valence-corrected chi connectivity index (χ1v) is 7.12. The summed E-state index contributed by atoms with van der Waals surface area (Å²) in [6.07, 6.45) is 3.11. The van der Waals surface area contributed by atoms with Crippen molar-refractivity contribution in [1.29, 1.82) is 0 Å². The molecule has 0 N–H and O–H groups in total. The highest BCUT2D eigenvalue weighted by Gasteiger charge is 2.18. The van der Waals surface area contributed by atoms with Crippen LogP contribution in [0.25, 0.3) is 0 Å². The number of anilines is 1. The molecule has 0 bridgehead atoms. The standard InChI is InChI=1S/C14H23N5O2/c1-17(2)4-5-18-6-8-19(9-7-18)13-11-15-12(10-16-13)14(20)21-3/h10-11H,4-9H2,1-3H3. The van der Waals surface area contributed by atoms with Gasteiger partial charge in [0.05, 0.1) is 19.5 Å². The molecule has 2 heterocycles. The second-order valence-electron chi connectivity index (χ2n) is 5.38. The zero-order chi connectivity index (χ0) is 15.2. The maximum absolute atomic E-state index is 11.3. The summed E-state index contributed by atoms with van der Waals surface area (Å²) in [5.74, 6) is 0.359. The molecule has 0 aliphatic carbocycles. The second kappa shape index (κ2) is 7.33. The van der Waals surface area contributed by atoms with Crippen LogP contribution in [0.1, 0.15) is 10.5 Å². The van der Waals surface area contributed by atoms with Gasteiger partial charge in [-0.15, -0.1) is 0 Å². The van der Waals surface area contributed by atoms with Crippen LogP contribution in [0.5, 0.6) is 0 Å². The molecule has 0 aromatic carbocycles. The number of methoxy groups -OCH3 is 1. The van der Waals surface area contributed by atoms with Crippen LogP contribution in [0.15, 0.2) is 12.4 Å². The third-order valence-corrected chi connectivity index (χ3v) is 3.59. The maximum atomic E-state index is 11.3. The quantitative estimate of drug-likeness (QED) is 0.705. The number of ether oxygens (including phenoxy) is 1. The van der Waals surface area contributed by atoms with E-state index < -0.39 is 5.97 Å². The van der Waals surface area contributed by atoms with Crippen LogP contribution in [-0.4, -0.2) is 86.2 Å². The normalized spacial score (nSPS) is 16.3. The highest BCUT2D eigenvalue weighted by molar-refractivity contribution is 5.86. The van der Waals surface area contributed by atoms with Crippen LogP contribution in [-0.2, 0) is 4.74 Å². The Morgan fingerprint density at radius 3 is 2.48 bits per heavy atom. The zero-order valence-electron chi connectivity index (χ0n) is 12.9. The lowest BCUT2D eigenvalue weighted by atomic mass is 10.3. The van der Waals surface area contributed by atoms with E-state index in [-0.39, 0.29) is 5.69 Å². The molecule has 1 aliphatic heterocycles. The van der Waals surface area contributed by atoms with Crippen molar-refractivity contribution in [3.63, 3.8) is 0 Å². The Hall–Kier alpha value is -1.73. The van der Waals surface area contributed by atoms with Crippen LogP contribution in [0.3, 0.4) is 0 Å². The fourth-order valence-electron chi connectivity index (χ4n) is 2.24. The number of esters is 1. The molecule has 116 valence electrons. The Kier molecular flexibility index (Phi) is 5.46. The minimum absolute atomic E-state index is 0.242. The Labute approximate surface area is 125 Å². The number of hydrogen-bond acceptors (Lipinski definition) is 7. The van der Waals surface area contributed by atoms with Gasteiger partial charge in [-0.1, -0.05) is 0 Å². The SMILES string of the molecule is COC(=O)c1cnc(N2CCN(CCN(C)C)CC2)cn1. The fourth-order valence-corrected chi connectivity index (χ4v) is 2.24. The minimum Gasteiger partial charge on any atom is -0.464 e. The molecule has 1 fully saturated rings.